The van der Waals surface area contributed by atoms with E-state index < -0.39 is 0 Å². The number of carbonyl (C=O) groups is 1. The highest BCUT2D eigenvalue weighted by Gasteiger charge is 2.10. The van der Waals surface area contributed by atoms with Gasteiger partial charge in [0.25, 0.3) is 0 Å². The van der Waals surface area contributed by atoms with Crippen molar-refractivity contribution >= 4 is 12.1 Å². The number of hydrogen-bond donors (Lipinski definition) is 1. The van der Waals surface area contributed by atoms with Crippen LogP contribution in [0.3, 0.4) is 0 Å². The summed E-state index contributed by atoms with van der Waals surface area (Å²) in [5.41, 5.74) is 1.51. The molecule has 4 heteroatoms. The maximum Gasteiger partial charge on any atom is 0.321 e. The first-order valence-corrected chi connectivity index (χ1v) is 7.21. The molecule has 2 amide bonds. The smallest absolute Gasteiger partial charge is 0.321 e. The largest absolute Gasteiger partial charge is 0.321 e. The molecule has 2 aromatic rings. The molecule has 22 heavy (non-hydrogen) atoms. The molecule has 1 N–H and O–H groups in total. The number of rotatable bonds is 5. The second-order valence-corrected chi connectivity index (χ2v) is 4.80. The summed E-state index contributed by atoms with van der Waals surface area (Å²) >= 11 is 0. The third-order valence-corrected chi connectivity index (χ3v) is 3.26. The molecule has 0 aliphatic carbocycles. The summed E-state index contributed by atoms with van der Waals surface area (Å²) in [7, 11) is 0. The first kappa shape index (κ1) is 15.8. The van der Waals surface area contributed by atoms with Gasteiger partial charge in [-0.1, -0.05) is 48.5 Å². The van der Waals surface area contributed by atoms with Crippen molar-refractivity contribution in [1.82, 2.24) is 10.2 Å². The van der Waals surface area contributed by atoms with Crippen LogP contribution in [0.25, 0.3) is 6.08 Å². The van der Waals surface area contributed by atoms with Crippen LogP contribution in [-0.4, -0.2) is 17.5 Å². The first-order valence-electron chi connectivity index (χ1n) is 7.21. The van der Waals surface area contributed by atoms with Gasteiger partial charge in [0.05, 0.1) is 0 Å². The van der Waals surface area contributed by atoms with Crippen molar-refractivity contribution in [2.45, 2.75) is 13.5 Å². The number of urea groups is 1. The maximum atomic E-state index is 13.5. The Morgan fingerprint density at radius 3 is 2.50 bits per heavy atom. The van der Waals surface area contributed by atoms with Crippen LogP contribution in [0.1, 0.15) is 18.1 Å². The first-order chi connectivity index (χ1) is 10.7. The van der Waals surface area contributed by atoms with Crippen molar-refractivity contribution in [3.8, 4) is 0 Å². The number of nitrogens with zero attached hydrogens (tertiary/aromatic N) is 1. The fraction of sp³-hybridized carbons (Fsp3) is 0.167. The van der Waals surface area contributed by atoms with E-state index in [-0.39, 0.29) is 11.8 Å². The van der Waals surface area contributed by atoms with Crippen LogP contribution in [0.15, 0.2) is 60.8 Å². The Labute approximate surface area is 130 Å². The number of nitrogens with one attached hydrogen (secondary N) is 1. The molecule has 0 atom stereocenters. The van der Waals surface area contributed by atoms with Crippen LogP contribution >= 0.6 is 0 Å². The number of benzene rings is 2. The van der Waals surface area contributed by atoms with E-state index >= 15 is 0 Å². The van der Waals surface area contributed by atoms with Crippen molar-refractivity contribution in [3.63, 3.8) is 0 Å². The third-order valence-electron chi connectivity index (χ3n) is 3.26. The van der Waals surface area contributed by atoms with Crippen molar-refractivity contribution < 1.29 is 9.18 Å². The van der Waals surface area contributed by atoms with Crippen LogP contribution in [-0.2, 0) is 6.54 Å². The van der Waals surface area contributed by atoms with Gasteiger partial charge in [0.2, 0.25) is 0 Å². The van der Waals surface area contributed by atoms with Crippen LogP contribution in [0.4, 0.5) is 9.18 Å². The van der Waals surface area contributed by atoms with Gasteiger partial charge >= 0.3 is 6.03 Å². The van der Waals surface area contributed by atoms with Crippen LogP contribution in [0.5, 0.6) is 0 Å². The Bertz CT molecular complexity index is 641. The lowest BCUT2D eigenvalue weighted by atomic mass is 10.2. The number of carbonyl (C=O) groups excluding carboxylic acids is 1. The average molecular weight is 298 g/mol. The summed E-state index contributed by atoms with van der Waals surface area (Å²) in [6, 6.07) is 16.0. The maximum absolute atomic E-state index is 13.5. The molecule has 0 spiro atoms. The summed E-state index contributed by atoms with van der Waals surface area (Å²) in [6.07, 6.45) is 3.01. The molecule has 0 aromatic heterocycles. The molecule has 0 aliphatic rings. The fourth-order valence-corrected chi connectivity index (χ4v) is 2.04. The Kier molecular flexibility index (Phi) is 5.72. The van der Waals surface area contributed by atoms with E-state index in [1.165, 1.54) is 12.3 Å². The quantitative estimate of drug-likeness (QED) is 0.888. The SMILES string of the molecule is CCN(Cc1ccccc1)C(=O)N/C=C/c1ccccc1F. The summed E-state index contributed by atoms with van der Waals surface area (Å²) in [5, 5.41) is 2.67. The van der Waals surface area contributed by atoms with E-state index in [0.717, 1.165) is 5.56 Å². The van der Waals surface area contributed by atoms with Gasteiger partial charge in [0, 0.05) is 24.9 Å². The van der Waals surface area contributed by atoms with E-state index in [4.69, 9.17) is 0 Å². The topological polar surface area (TPSA) is 32.3 Å². The van der Waals surface area contributed by atoms with E-state index in [2.05, 4.69) is 5.32 Å². The van der Waals surface area contributed by atoms with Crippen molar-refractivity contribution in [1.29, 1.82) is 0 Å². The molecule has 2 rings (SSSR count). The van der Waals surface area contributed by atoms with Gasteiger partial charge in [-0.25, -0.2) is 9.18 Å². The van der Waals surface area contributed by atoms with Crippen LogP contribution in [0.2, 0.25) is 0 Å². The van der Waals surface area contributed by atoms with Gasteiger partial charge in [-0.3, -0.25) is 0 Å². The molecular weight excluding hydrogens is 279 g/mol. The molecule has 0 fully saturated rings. The summed E-state index contributed by atoms with van der Waals surface area (Å²) in [4.78, 5) is 13.8. The second kappa shape index (κ2) is 7.98. The van der Waals surface area contributed by atoms with Gasteiger partial charge in [0.15, 0.2) is 0 Å². The lowest BCUT2D eigenvalue weighted by Crippen LogP contribution is -2.36. The van der Waals surface area contributed by atoms with Crippen molar-refractivity contribution in [2.24, 2.45) is 0 Å². The molecule has 0 radical (unpaired) electrons. The zero-order chi connectivity index (χ0) is 15.8. The van der Waals surface area contributed by atoms with Gasteiger partial charge in [-0.2, -0.15) is 0 Å². The van der Waals surface area contributed by atoms with E-state index in [0.29, 0.717) is 18.7 Å². The Hall–Kier alpha value is -2.62. The van der Waals surface area contributed by atoms with Crippen molar-refractivity contribution in [3.05, 3.63) is 77.7 Å². The zero-order valence-electron chi connectivity index (χ0n) is 12.5. The minimum atomic E-state index is -0.315. The number of amides is 2. The lowest BCUT2D eigenvalue weighted by molar-refractivity contribution is 0.202. The van der Waals surface area contributed by atoms with E-state index in [1.807, 2.05) is 37.3 Å². The molecule has 2 aromatic carbocycles. The zero-order valence-corrected chi connectivity index (χ0v) is 12.5. The number of halogens is 1. The van der Waals surface area contributed by atoms with E-state index in [1.54, 1.807) is 29.2 Å². The Balaban J connectivity index is 1.94. The summed E-state index contributed by atoms with van der Waals surface area (Å²) in [6.45, 7) is 3.05. The minimum absolute atomic E-state index is 0.209. The second-order valence-electron chi connectivity index (χ2n) is 4.80. The van der Waals surface area contributed by atoms with Gasteiger partial charge in [0.1, 0.15) is 5.82 Å². The van der Waals surface area contributed by atoms with Gasteiger partial charge in [-0.05, 0) is 24.6 Å². The predicted molar refractivity (Wildman–Crippen MR) is 86.5 cm³/mol. The summed E-state index contributed by atoms with van der Waals surface area (Å²) in [5.74, 6) is -0.315. The van der Waals surface area contributed by atoms with Gasteiger partial charge < -0.3 is 10.2 Å². The van der Waals surface area contributed by atoms with Crippen molar-refractivity contribution in [2.75, 3.05) is 6.54 Å². The highest BCUT2D eigenvalue weighted by atomic mass is 19.1. The molecule has 0 bridgehead atoms. The molecule has 0 saturated heterocycles. The fourth-order valence-electron chi connectivity index (χ4n) is 2.04. The monoisotopic (exact) mass is 298 g/mol. The molecule has 3 nitrogen and oxygen atoms in total. The normalized spacial score (nSPS) is 10.6. The van der Waals surface area contributed by atoms with Crippen LogP contribution < -0.4 is 5.32 Å². The molecule has 0 aliphatic heterocycles. The van der Waals surface area contributed by atoms with Gasteiger partial charge in [-0.15, -0.1) is 0 Å². The highest BCUT2D eigenvalue weighted by molar-refractivity contribution is 5.76. The van der Waals surface area contributed by atoms with E-state index in [9.17, 15) is 9.18 Å². The number of hydrogen-bond acceptors (Lipinski definition) is 1. The van der Waals surface area contributed by atoms with Crippen LogP contribution in [0, 0.1) is 5.82 Å². The standard InChI is InChI=1S/C18H19FN2O/c1-2-21(14-15-8-4-3-5-9-15)18(22)20-13-12-16-10-6-7-11-17(16)19/h3-13H,2,14H2,1H3,(H,20,22)/b13-12+. The Morgan fingerprint density at radius 2 is 1.82 bits per heavy atom. The molecule has 0 unspecified atom stereocenters. The summed E-state index contributed by atoms with van der Waals surface area (Å²) < 4.78 is 13.5. The third kappa shape index (κ3) is 4.45. The average Bonchev–Trinajstić information content (AvgIpc) is 2.55. The molecule has 114 valence electrons. The predicted octanol–water partition coefficient (Wildman–Crippen LogP) is 4.03. The molecule has 0 saturated carbocycles. The Morgan fingerprint density at radius 1 is 1.14 bits per heavy atom. The molecule has 0 heterocycles. The lowest BCUT2D eigenvalue weighted by Gasteiger charge is -2.20. The molecular formula is C18H19FN2O. The highest BCUT2D eigenvalue weighted by Crippen LogP contribution is 2.08. The minimum Gasteiger partial charge on any atom is -0.321 e.